The number of fused-ring (bicyclic) bond motifs is 2. The maximum absolute atomic E-state index is 13.5. The number of carbonyl (C=O) groups excluding carboxylic acids is 3. The number of carbonyl (C=O) groups is 3. The molecule has 0 bridgehead atoms. The molecule has 8 rings (SSSR count). The first-order valence-corrected chi connectivity index (χ1v) is 16.6. The topological polar surface area (TPSA) is 122 Å². The molecule has 4 heterocycles. The smallest absolute Gasteiger partial charge is 0.255 e. The molecule has 1 N–H and O–H groups in total. The normalized spacial score (nSPS) is 19.1. The van der Waals surface area contributed by atoms with Crippen LogP contribution in [0.3, 0.4) is 0 Å². The molecule has 1 aliphatic carbocycles. The van der Waals surface area contributed by atoms with Gasteiger partial charge < -0.3 is 23.9 Å². The van der Waals surface area contributed by atoms with Crippen LogP contribution in [-0.2, 0) is 11.8 Å². The number of pyridine rings is 1. The first-order chi connectivity index (χ1) is 23.6. The van der Waals surface area contributed by atoms with E-state index < -0.39 is 11.5 Å². The molecule has 10 nitrogen and oxygen atoms in total. The van der Waals surface area contributed by atoms with E-state index in [-0.39, 0.29) is 31.3 Å². The van der Waals surface area contributed by atoms with Crippen molar-refractivity contribution in [1.29, 1.82) is 0 Å². The lowest BCUT2D eigenvalue weighted by molar-refractivity contribution is -0.144. The van der Waals surface area contributed by atoms with Crippen molar-refractivity contribution in [1.82, 2.24) is 24.3 Å². The molecule has 2 amide bonds. The Bertz CT molecular complexity index is 2330. The SMILES string of the molecule is Cn1cnc2cc(-c3ccc(C(=O)N4CCN(C(=O)C5(O)CC5c5cc6nc(-c7ccc(C=O)c(Cl)c7)ccc6o5)CC4)c(Cl)c3)ccc21. The van der Waals surface area contributed by atoms with Gasteiger partial charge in [-0.3, -0.25) is 14.4 Å². The van der Waals surface area contributed by atoms with Gasteiger partial charge in [0, 0.05) is 50.4 Å². The lowest BCUT2D eigenvalue weighted by atomic mass is 10.0. The highest BCUT2D eigenvalue weighted by Crippen LogP contribution is 2.53. The Labute approximate surface area is 290 Å². The Hall–Kier alpha value is -5.03. The molecular weight excluding hydrogens is 665 g/mol. The lowest BCUT2D eigenvalue weighted by Gasteiger charge is -2.36. The van der Waals surface area contributed by atoms with Crippen molar-refractivity contribution in [3.63, 3.8) is 0 Å². The second-order valence-corrected chi connectivity index (χ2v) is 13.4. The number of imidazole rings is 1. The number of aromatic nitrogens is 3. The van der Waals surface area contributed by atoms with Crippen LogP contribution in [0.5, 0.6) is 0 Å². The molecule has 0 radical (unpaired) electrons. The fourth-order valence-electron chi connectivity index (χ4n) is 6.62. The summed E-state index contributed by atoms with van der Waals surface area (Å²) in [6.45, 7) is 1.20. The van der Waals surface area contributed by atoms with Crippen molar-refractivity contribution in [2.45, 2.75) is 17.9 Å². The molecule has 0 spiro atoms. The number of aldehydes is 1. The van der Waals surface area contributed by atoms with Crippen LogP contribution >= 0.6 is 23.2 Å². The molecule has 246 valence electrons. The zero-order chi connectivity index (χ0) is 34.0. The molecule has 3 aromatic heterocycles. The van der Waals surface area contributed by atoms with E-state index in [2.05, 4.69) is 9.97 Å². The molecule has 2 aliphatic rings. The molecule has 3 aromatic carbocycles. The minimum Gasteiger partial charge on any atom is -0.459 e. The van der Waals surface area contributed by atoms with Crippen LogP contribution in [0.4, 0.5) is 0 Å². The van der Waals surface area contributed by atoms with Gasteiger partial charge in [-0.2, -0.15) is 0 Å². The van der Waals surface area contributed by atoms with Gasteiger partial charge in [0.15, 0.2) is 17.5 Å². The maximum atomic E-state index is 13.5. The number of hydrogen-bond donors (Lipinski definition) is 1. The van der Waals surface area contributed by atoms with Crippen molar-refractivity contribution in [2.24, 2.45) is 7.05 Å². The largest absolute Gasteiger partial charge is 0.459 e. The van der Waals surface area contributed by atoms with Gasteiger partial charge in [0.25, 0.3) is 11.8 Å². The zero-order valence-corrected chi connectivity index (χ0v) is 27.8. The highest BCUT2D eigenvalue weighted by molar-refractivity contribution is 6.34. The Morgan fingerprint density at radius 1 is 0.878 bits per heavy atom. The quantitative estimate of drug-likeness (QED) is 0.201. The third-order valence-corrected chi connectivity index (χ3v) is 10.2. The lowest BCUT2D eigenvalue weighted by Crippen LogP contribution is -2.53. The molecular formula is C37H29Cl2N5O5. The van der Waals surface area contributed by atoms with Gasteiger partial charge in [0.1, 0.15) is 11.3 Å². The van der Waals surface area contributed by atoms with Gasteiger partial charge >= 0.3 is 0 Å². The summed E-state index contributed by atoms with van der Waals surface area (Å²) in [5.41, 5.74) is 5.45. The summed E-state index contributed by atoms with van der Waals surface area (Å²) in [5.74, 6) is -0.607. The summed E-state index contributed by atoms with van der Waals surface area (Å²) in [5, 5.41) is 12.0. The number of nitrogens with zero attached hydrogens (tertiary/aromatic N) is 5. The van der Waals surface area contributed by atoms with Crippen LogP contribution in [0, 0.1) is 0 Å². The minimum absolute atomic E-state index is 0.206. The molecule has 1 aliphatic heterocycles. The number of piperazine rings is 1. The Kier molecular flexibility index (Phi) is 7.55. The Morgan fingerprint density at radius 3 is 2.35 bits per heavy atom. The number of furan rings is 1. The van der Waals surface area contributed by atoms with E-state index in [4.69, 9.17) is 27.6 Å². The Balaban J connectivity index is 0.912. The number of halogens is 2. The summed E-state index contributed by atoms with van der Waals surface area (Å²) in [6, 6.07) is 21.8. The van der Waals surface area contributed by atoms with Crippen LogP contribution in [0.15, 0.2) is 83.5 Å². The molecule has 6 aromatic rings. The van der Waals surface area contributed by atoms with E-state index >= 15 is 0 Å². The van der Waals surface area contributed by atoms with Crippen molar-refractivity contribution in [3.05, 3.63) is 106 Å². The predicted octanol–water partition coefficient (Wildman–Crippen LogP) is 6.37. The van der Waals surface area contributed by atoms with E-state index in [1.165, 1.54) is 0 Å². The van der Waals surface area contributed by atoms with Gasteiger partial charge in [0.2, 0.25) is 0 Å². The van der Waals surface area contributed by atoms with Gasteiger partial charge in [-0.05, 0) is 66.1 Å². The maximum Gasteiger partial charge on any atom is 0.255 e. The van der Waals surface area contributed by atoms with Gasteiger partial charge in [-0.15, -0.1) is 0 Å². The van der Waals surface area contributed by atoms with Gasteiger partial charge in [-0.25, -0.2) is 9.97 Å². The van der Waals surface area contributed by atoms with E-state index in [0.29, 0.717) is 63.1 Å². The second-order valence-electron chi connectivity index (χ2n) is 12.6. The molecule has 1 saturated heterocycles. The predicted molar refractivity (Wildman–Crippen MR) is 186 cm³/mol. The zero-order valence-electron chi connectivity index (χ0n) is 26.3. The summed E-state index contributed by atoms with van der Waals surface area (Å²) in [4.78, 5) is 50.5. The van der Waals surface area contributed by atoms with Crippen molar-refractivity contribution < 1.29 is 23.9 Å². The third kappa shape index (κ3) is 5.46. The molecule has 2 unspecified atom stereocenters. The standard InChI is InChI=1S/C37H29Cl2N5O5/c1-42-20-40-30-16-22(5-8-32(30)42)21-4-6-25(28(39)14-21)35(46)43-10-12-44(13-11-43)36(47)37(48)18-26(37)34-17-31-33(49-34)9-7-29(41-31)23-2-3-24(19-45)27(38)15-23/h2-9,14-17,19-20,26,48H,10-13,18H2,1H3. The van der Waals surface area contributed by atoms with E-state index in [0.717, 1.165) is 27.7 Å². The van der Waals surface area contributed by atoms with Crippen molar-refractivity contribution >= 4 is 63.4 Å². The fraction of sp³-hybridized carbons (Fsp3) is 0.216. The van der Waals surface area contributed by atoms with Crippen molar-refractivity contribution in [2.75, 3.05) is 26.2 Å². The number of benzene rings is 3. The number of aryl methyl sites for hydroxylation is 1. The van der Waals surface area contributed by atoms with Gasteiger partial charge in [-0.1, -0.05) is 41.4 Å². The monoisotopic (exact) mass is 693 g/mol. The molecule has 12 heteroatoms. The summed E-state index contributed by atoms with van der Waals surface area (Å²) in [7, 11) is 1.94. The highest BCUT2D eigenvalue weighted by atomic mass is 35.5. The van der Waals surface area contributed by atoms with E-state index in [9.17, 15) is 19.5 Å². The van der Waals surface area contributed by atoms with Crippen LogP contribution in [-0.4, -0.2) is 79.3 Å². The van der Waals surface area contributed by atoms with Crippen LogP contribution in [0.2, 0.25) is 10.0 Å². The van der Waals surface area contributed by atoms with Crippen LogP contribution in [0.25, 0.3) is 44.5 Å². The van der Waals surface area contributed by atoms with Crippen molar-refractivity contribution in [3.8, 4) is 22.4 Å². The number of rotatable bonds is 6. The number of hydrogen-bond acceptors (Lipinski definition) is 7. The first-order valence-electron chi connectivity index (χ1n) is 15.8. The number of amides is 2. The molecule has 2 fully saturated rings. The summed E-state index contributed by atoms with van der Waals surface area (Å²) < 4.78 is 7.96. The summed E-state index contributed by atoms with van der Waals surface area (Å²) >= 11 is 12.8. The molecule has 2 atom stereocenters. The Morgan fingerprint density at radius 2 is 1.59 bits per heavy atom. The highest BCUT2D eigenvalue weighted by Gasteiger charge is 2.62. The third-order valence-electron chi connectivity index (χ3n) is 9.57. The van der Waals surface area contributed by atoms with E-state index in [1.54, 1.807) is 64.7 Å². The summed E-state index contributed by atoms with van der Waals surface area (Å²) in [6.07, 6.45) is 2.70. The minimum atomic E-state index is -1.58. The van der Waals surface area contributed by atoms with Crippen LogP contribution < -0.4 is 0 Å². The number of aliphatic hydroxyl groups is 1. The average Bonchev–Trinajstić information content (AvgIpc) is 3.43. The van der Waals surface area contributed by atoms with Gasteiger partial charge in [0.05, 0.1) is 44.6 Å². The second kappa shape index (κ2) is 11.8. The fourth-order valence-corrected chi connectivity index (χ4v) is 7.11. The first kappa shape index (κ1) is 31.3. The molecule has 49 heavy (non-hydrogen) atoms. The average molecular weight is 695 g/mol. The van der Waals surface area contributed by atoms with E-state index in [1.807, 2.05) is 35.9 Å². The molecule has 1 saturated carbocycles. The van der Waals surface area contributed by atoms with Crippen LogP contribution in [0.1, 0.15) is 38.8 Å².